The predicted molar refractivity (Wildman–Crippen MR) is 102 cm³/mol. The Morgan fingerprint density at radius 3 is 2.19 bits per heavy atom. The third kappa shape index (κ3) is 5.11. The van der Waals surface area contributed by atoms with Gasteiger partial charge in [-0.15, -0.1) is 0 Å². The molecule has 2 rings (SSSR count). The van der Waals surface area contributed by atoms with Crippen LogP contribution in [0.5, 0.6) is 17.2 Å². The Morgan fingerprint density at radius 1 is 1.00 bits per heavy atom. The minimum Gasteiger partial charge on any atom is -0.493 e. The average molecular weight is 392 g/mol. The van der Waals surface area contributed by atoms with E-state index in [1.54, 1.807) is 36.4 Å². The summed E-state index contributed by atoms with van der Waals surface area (Å²) in [6, 6.07) is 9.84. The van der Waals surface area contributed by atoms with Crippen LogP contribution in [0.25, 0.3) is 0 Å². The second kappa shape index (κ2) is 9.44. The molecule has 0 saturated heterocycles. The monoisotopic (exact) mass is 391 g/mol. The van der Waals surface area contributed by atoms with Crippen LogP contribution in [0.15, 0.2) is 41.5 Å². The maximum absolute atomic E-state index is 11.9. The van der Waals surface area contributed by atoms with Gasteiger partial charge < -0.3 is 19.5 Å². The molecule has 0 aromatic heterocycles. The van der Waals surface area contributed by atoms with Crippen LogP contribution >= 0.6 is 11.6 Å². The number of halogens is 1. The van der Waals surface area contributed by atoms with Crippen molar-refractivity contribution in [3.8, 4) is 17.2 Å². The molecule has 8 nitrogen and oxygen atoms in total. The van der Waals surface area contributed by atoms with Crippen molar-refractivity contribution in [1.82, 2.24) is 5.43 Å². The van der Waals surface area contributed by atoms with E-state index >= 15 is 0 Å². The van der Waals surface area contributed by atoms with Gasteiger partial charge in [-0.1, -0.05) is 23.7 Å². The lowest BCUT2D eigenvalue weighted by atomic mass is 10.2. The Morgan fingerprint density at radius 2 is 1.63 bits per heavy atom. The molecule has 2 N–H and O–H groups in total. The van der Waals surface area contributed by atoms with Crippen LogP contribution < -0.4 is 25.0 Å². The first-order chi connectivity index (χ1) is 13.0. The van der Waals surface area contributed by atoms with Gasteiger partial charge in [0.2, 0.25) is 5.75 Å². The van der Waals surface area contributed by atoms with Crippen LogP contribution in [0.1, 0.15) is 5.56 Å². The van der Waals surface area contributed by atoms with Gasteiger partial charge in [0.15, 0.2) is 11.5 Å². The Kier molecular flexibility index (Phi) is 7.01. The summed E-state index contributed by atoms with van der Waals surface area (Å²) in [5.74, 6) is -0.550. The van der Waals surface area contributed by atoms with Gasteiger partial charge in [-0.3, -0.25) is 9.59 Å². The molecule has 2 aromatic rings. The van der Waals surface area contributed by atoms with E-state index in [2.05, 4.69) is 15.8 Å². The lowest BCUT2D eigenvalue weighted by molar-refractivity contribution is -0.136. The van der Waals surface area contributed by atoms with E-state index in [0.29, 0.717) is 33.5 Å². The molecule has 0 saturated carbocycles. The molecule has 0 heterocycles. The standard InChI is InChI=1S/C18H18ClN3O5/c1-25-14-8-11(9-15(26-2)16(14)27-3)10-20-22-18(24)17(23)21-13-7-5-4-6-12(13)19/h4-10H,1-3H3,(H,21,23)(H,22,24)/b20-10-. The number of hydrazone groups is 1. The number of rotatable bonds is 6. The minimum atomic E-state index is -0.946. The van der Waals surface area contributed by atoms with Crippen molar-refractivity contribution < 1.29 is 23.8 Å². The molecule has 0 spiro atoms. The zero-order chi connectivity index (χ0) is 19.8. The van der Waals surface area contributed by atoms with Crippen molar-refractivity contribution >= 4 is 35.3 Å². The fourth-order valence-corrected chi connectivity index (χ4v) is 2.32. The highest BCUT2D eigenvalue weighted by atomic mass is 35.5. The molecule has 0 aliphatic carbocycles. The number of ether oxygens (including phenoxy) is 3. The summed E-state index contributed by atoms with van der Waals surface area (Å²) in [7, 11) is 4.46. The lowest BCUT2D eigenvalue weighted by Crippen LogP contribution is -2.32. The molecule has 142 valence electrons. The van der Waals surface area contributed by atoms with Crippen molar-refractivity contribution in [3.63, 3.8) is 0 Å². The topological polar surface area (TPSA) is 98.2 Å². The third-order valence-corrected chi connectivity index (χ3v) is 3.72. The second-order valence-electron chi connectivity index (χ2n) is 5.09. The maximum Gasteiger partial charge on any atom is 0.329 e. The number of hydrogen-bond acceptors (Lipinski definition) is 6. The smallest absolute Gasteiger partial charge is 0.329 e. The summed E-state index contributed by atoms with van der Waals surface area (Å²) in [5, 5.41) is 6.48. The van der Waals surface area contributed by atoms with Gasteiger partial charge in [0.25, 0.3) is 0 Å². The van der Waals surface area contributed by atoms with Crippen LogP contribution in [-0.4, -0.2) is 39.4 Å². The Hall–Kier alpha value is -3.26. The summed E-state index contributed by atoms with van der Waals surface area (Å²) < 4.78 is 15.7. The molecule has 2 aromatic carbocycles. The second-order valence-corrected chi connectivity index (χ2v) is 5.50. The van der Waals surface area contributed by atoms with E-state index in [1.165, 1.54) is 27.5 Å². The fraction of sp³-hybridized carbons (Fsp3) is 0.167. The SMILES string of the molecule is COc1cc(/C=N\NC(=O)C(=O)Nc2ccccc2Cl)cc(OC)c1OC. The summed E-state index contributed by atoms with van der Waals surface area (Å²) in [4.78, 5) is 23.7. The first-order valence-corrected chi connectivity index (χ1v) is 8.06. The number of carbonyl (C=O) groups is 2. The zero-order valence-electron chi connectivity index (χ0n) is 14.9. The number of carbonyl (C=O) groups excluding carboxylic acids is 2. The number of methoxy groups -OCH3 is 3. The first kappa shape index (κ1) is 20.1. The molecule has 0 bridgehead atoms. The molecule has 0 fully saturated rings. The van der Waals surface area contributed by atoms with Crippen LogP contribution in [-0.2, 0) is 9.59 Å². The Balaban J connectivity index is 2.05. The Bertz CT molecular complexity index is 845. The van der Waals surface area contributed by atoms with Crippen LogP contribution in [0.2, 0.25) is 5.02 Å². The number of nitrogens with one attached hydrogen (secondary N) is 2. The molecule has 9 heteroatoms. The maximum atomic E-state index is 11.9. The third-order valence-electron chi connectivity index (χ3n) is 3.40. The van der Waals surface area contributed by atoms with E-state index in [4.69, 9.17) is 25.8 Å². The van der Waals surface area contributed by atoms with Crippen LogP contribution in [0.3, 0.4) is 0 Å². The van der Waals surface area contributed by atoms with E-state index in [-0.39, 0.29) is 0 Å². The summed E-state index contributed by atoms with van der Waals surface area (Å²) >= 11 is 5.93. The normalized spacial score (nSPS) is 10.4. The molecule has 2 amide bonds. The van der Waals surface area contributed by atoms with Crippen molar-refractivity contribution in [2.24, 2.45) is 5.10 Å². The number of amides is 2. The van der Waals surface area contributed by atoms with Crippen LogP contribution in [0, 0.1) is 0 Å². The van der Waals surface area contributed by atoms with Crippen molar-refractivity contribution in [1.29, 1.82) is 0 Å². The van der Waals surface area contributed by atoms with Gasteiger partial charge in [0.1, 0.15) is 0 Å². The highest BCUT2D eigenvalue weighted by molar-refractivity contribution is 6.41. The van der Waals surface area contributed by atoms with E-state index in [0.717, 1.165) is 0 Å². The van der Waals surface area contributed by atoms with Gasteiger partial charge in [-0.25, -0.2) is 5.43 Å². The molecule has 0 aliphatic heterocycles. The highest BCUT2D eigenvalue weighted by Crippen LogP contribution is 2.37. The van der Waals surface area contributed by atoms with Crippen molar-refractivity contribution in [3.05, 3.63) is 47.0 Å². The average Bonchev–Trinajstić information content (AvgIpc) is 2.68. The fourth-order valence-electron chi connectivity index (χ4n) is 2.13. The number of para-hydroxylation sites is 1. The molecule has 0 radical (unpaired) electrons. The van der Waals surface area contributed by atoms with Gasteiger partial charge in [0, 0.05) is 5.56 Å². The minimum absolute atomic E-state index is 0.319. The largest absolute Gasteiger partial charge is 0.493 e. The van der Waals surface area contributed by atoms with Crippen molar-refractivity contribution in [2.45, 2.75) is 0 Å². The quantitative estimate of drug-likeness (QED) is 0.447. The van der Waals surface area contributed by atoms with Crippen molar-refractivity contribution in [2.75, 3.05) is 26.6 Å². The van der Waals surface area contributed by atoms with Gasteiger partial charge in [-0.05, 0) is 24.3 Å². The molecule has 27 heavy (non-hydrogen) atoms. The highest BCUT2D eigenvalue weighted by Gasteiger charge is 2.15. The predicted octanol–water partition coefficient (Wildman–Crippen LogP) is 2.45. The molecular weight excluding hydrogens is 374 g/mol. The van der Waals surface area contributed by atoms with E-state index < -0.39 is 11.8 Å². The number of hydrogen-bond donors (Lipinski definition) is 2. The Labute approximate surface area is 161 Å². The van der Waals surface area contributed by atoms with E-state index in [9.17, 15) is 9.59 Å². The van der Waals surface area contributed by atoms with Gasteiger partial charge in [-0.2, -0.15) is 5.10 Å². The molecule has 0 aliphatic rings. The summed E-state index contributed by atoms with van der Waals surface area (Å²) in [5.41, 5.74) is 3.03. The summed E-state index contributed by atoms with van der Waals surface area (Å²) in [6.07, 6.45) is 1.34. The molecule has 0 atom stereocenters. The lowest BCUT2D eigenvalue weighted by Gasteiger charge is -2.12. The summed E-state index contributed by atoms with van der Waals surface area (Å²) in [6.45, 7) is 0. The molecule has 0 unspecified atom stereocenters. The number of nitrogens with zero attached hydrogens (tertiary/aromatic N) is 1. The van der Waals surface area contributed by atoms with E-state index in [1.807, 2.05) is 0 Å². The number of benzene rings is 2. The zero-order valence-corrected chi connectivity index (χ0v) is 15.7. The van der Waals surface area contributed by atoms with Gasteiger partial charge >= 0.3 is 11.8 Å². The molecular formula is C18H18ClN3O5. The van der Waals surface area contributed by atoms with Crippen LogP contribution in [0.4, 0.5) is 5.69 Å². The number of anilines is 1. The first-order valence-electron chi connectivity index (χ1n) is 7.69. The van der Waals surface area contributed by atoms with Gasteiger partial charge in [0.05, 0.1) is 38.3 Å².